The molecule has 1 N–H and O–H groups in total. The minimum Gasteiger partial charge on any atom is -0.496 e. The molecule has 1 aliphatic heterocycles. The molecule has 10 nitrogen and oxygen atoms in total. The molecule has 0 saturated carbocycles. The number of fused-ring (bicyclic) bond motifs is 1. The first-order valence-corrected chi connectivity index (χ1v) is 13.3. The van der Waals surface area contributed by atoms with E-state index >= 15 is 0 Å². The highest BCUT2D eigenvalue weighted by molar-refractivity contribution is 8.00. The Morgan fingerprint density at radius 3 is 2.47 bits per heavy atom. The Kier molecular flexibility index (Phi) is 7.48. The van der Waals surface area contributed by atoms with E-state index in [1.54, 1.807) is 37.6 Å². The van der Waals surface area contributed by atoms with E-state index in [-0.39, 0.29) is 5.91 Å². The van der Waals surface area contributed by atoms with E-state index in [1.165, 1.54) is 11.9 Å². The monoisotopic (exact) mass is 551 g/mol. The SMILES string of the molecule is C#CC(=O)N1CCN(c2nc(-c3cc(OC)c4c(NSc5c(OC)cccc5OC)noc4c3)cs2)CC1. The van der Waals surface area contributed by atoms with Crippen molar-refractivity contribution in [1.82, 2.24) is 15.0 Å². The maximum atomic E-state index is 11.8. The van der Waals surface area contributed by atoms with Crippen molar-refractivity contribution in [2.24, 2.45) is 0 Å². The van der Waals surface area contributed by atoms with E-state index in [9.17, 15) is 4.79 Å². The van der Waals surface area contributed by atoms with Crippen molar-refractivity contribution in [3.63, 3.8) is 0 Å². The van der Waals surface area contributed by atoms with Gasteiger partial charge < -0.3 is 33.3 Å². The molecule has 0 atom stereocenters. The lowest BCUT2D eigenvalue weighted by Gasteiger charge is -2.33. The molecule has 2 aromatic heterocycles. The van der Waals surface area contributed by atoms with Crippen LogP contribution in [0.25, 0.3) is 22.2 Å². The topological polar surface area (TPSA) is 102 Å². The number of anilines is 2. The number of nitrogens with one attached hydrogen (secondary N) is 1. The number of thiazole rings is 1. The smallest absolute Gasteiger partial charge is 0.298 e. The summed E-state index contributed by atoms with van der Waals surface area (Å²) in [5.74, 6) is 4.37. The Bertz CT molecular complexity index is 1480. The Labute approximate surface area is 228 Å². The van der Waals surface area contributed by atoms with E-state index in [0.29, 0.717) is 60.2 Å². The molecule has 0 spiro atoms. The number of carbonyl (C=O) groups is 1. The van der Waals surface area contributed by atoms with Gasteiger partial charge in [-0.2, -0.15) is 0 Å². The molecule has 3 heterocycles. The van der Waals surface area contributed by atoms with E-state index in [4.69, 9.17) is 30.1 Å². The van der Waals surface area contributed by atoms with Crippen LogP contribution in [0.15, 0.2) is 45.1 Å². The summed E-state index contributed by atoms with van der Waals surface area (Å²) in [4.78, 5) is 21.2. The number of benzene rings is 2. The van der Waals surface area contributed by atoms with Crippen LogP contribution in [0.4, 0.5) is 10.9 Å². The first-order chi connectivity index (χ1) is 18.6. The second kappa shape index (κ2) is 11.1. The number of hydrogen-bond acceptors (Lipinski definition) is 11. The molecule has 0 radical (unpaired) electrons. The van der Waals surface area contributed by atoms with Gasteiger partial charge in [-0.1, -0.05) is 11.2 Å². The number of ether oxygens (including phenoxy) is 3. The minimum atomic E-state index is -0.272. The highest BCUT2D eigenvalue weighted by Crippen LogP contribution is 2.42. The van der Waals surface area contributed by atoms with Crippen LogP contribution in [-0.2, 0) is 4.79 Å². The number of aromatic nitrogens is 2. The molecular formula is C26H25N5O5S2. The number of carbonyl (C=O) groups excluding carboxylic acids is 1. The van der Waals surface area contributed by atoms with Crippen LogP contribution in [0.3, 0.4) is 0 Å². The number of terminal acetylenes is 1. The maximum absolute atomic E-state index is 11.8. The molecule has 1 aliphatic rings. The van der Waals surface area contributed by atoms with Gasteiger partial charge in [-0.25, -0.2) is 4.98 Å². The van der Waals surface area contributed by atoms with Crippen molar-refractivity contribution >= 4 is 51.1 Å². The van der Waals surface area contributed by atoms with Crippen LogP contribution in [0.2, 0.25) is 0 Å². The molecule has 5 rings (SSSR count). The fraction of sp³-hybridized carbons (Fsp3) is 0.269. The molecule has 0 unspecified atom stereocenters. The first kappa shape index (κ1) is 25.6. The number of methoxy groups -OCH3 is 3. The molecule has 0 bridgehead atoms. The van der Waals surface area contributed by atoms with E-state index < -0.39 is 0 Å². The third kappa shape index (κ3) is 4.90. The fourth-order valence-electron chi connectivity index (χ4n) is 4.17. The van der Waals surface area contributed by atoms with E-state index in [2.05, 4.69) is 20.7 Å². The molecular weight excluding hydrogens is 526 g/mol. The number of piperazine rings is 1. The normalized spacial score (nSPS) is 13.3. The summed E-state index contributed by atoms with van der Waals surface area (Å²) in [5.41, 5.74) is 2.21. The lowest BCUT2D eigenvalue weighted by molar-refractivity contribution is -0.125. The third-order valence-corrected chi connectivity index (χ3v) is 7.94. The van der Waals surface area contributed by atoms with Gasteiger partial charge in [-0.3, -0.25) is 4.79 Å². The summed E-state index contributed by atoms with van der Waals surface area (Å²) in [7, 11) is 4.83. The number of nitrogens with zero attached hydrogens (tertiary/aromatic N) is 4. The zero-order chi connectivity index (χ0) is 26.6. The van der Waals surface area contributed by atoms with E-state index in [0.717, 1.165) is 21.3 Å². The first-order valence-electron chi connectivity index (χ1n) is 11.6. The molecule has 38 heavy (non-hydrogen) atoms. The van der Waals surface area contributed by atoms with Gasteiger partial charge in [0.1, 0.15) is 27.5 Å². The van der Waals surface area contributed by atoms with Gasteiger partial charge in [-0.15, -0.1) is 17.8 Å². The highest BCUT2D eigenvalue weighted by Gasteiger charge is 2.23. The summed E-state index contributed by atoms with van der Waals surface area (Å²) in [6.07, 6.45) is 5.25. The van der Waals surface area contributed by atoms with Crippen molar-refractivity contribution in [1.29, 1.82) is 0 Å². The zero-order valence-electron chi connectivity index (χ0n) is 21.0. The lowest BCUT2D eigenvalue weighted by Crippen LogP contribution is -2.48. The van der Waals surface area contributed by atoms with Crippen LogP contribution >= 0.6 is 23.3 Å². The van der Waals surface area contributed by atoms with Gasteiger partial charge in [0.25, 0.3) is 5.91 Å². The van der Waals surface area contributed by atoms with Crippen molar-refractivity contribution < 1.29 is 23.5 Å². The van der Waals surface area contributed by atoms with Crippen LogP contribution in [0.5, 0.6) is 17.2 Å². The Balaban J connectivity index is 1.37. The molecule has 2 aromatic carbocycles. The van der Waals surface area contributed by atoms with Crippen LogP contribution in [0, 0.1) is 12.3 Å². The van der Waals surface area contributed by atoms with Gasteiger partial charge in [0.05, 0.1) is 27.0 Å². The second-order valence-corrected chi connectivity index (χ2v) is 9.87. The predicted octanol–water partition coefficient (Wildman–Crippen LogP) is 4.38. The predicted molar refractivity (Wildman–Crippen MR) is 148 cm³/mol. The highest BCUT2D eigenvalue weighted by atomic mass is 32.2. The lowest BCUT2D eigenvalue weighted by atomic mass is 10.1. The molecule has 1 amide bonds. The number of rotatable bonds is 8. The van der Waals surface area contributed by atoms with Crippen molar-refractivity contribution in [3.05, 3.63) is 35.7 Å². The molecule has 12 heteroatoms. The molecule has 4 aromatic rings. The van der Waals surface area contributed by atoms with Crippen LogP contribution < -0.4 is 23.8 Å². The summed E-state index contributed by atoms with van der Waals surface area (Å²) in [6, 6.07) is 9.40. The van der Waals surface area contributed by atoms with Crippen molar-refractivity contribution in [3.8, 4) is 40.8 Å². The van der Waals surface area contributed by atoms with Crippen molar-refractivity contribution in [2.75, 3.05) is 57.1 Å². The summed E-state index contributed by atoms with van der Waals surface area (Å²) >= 11 is 2.86. The fourth-order valence-corrected chi connectivity index (χ4v) is 5.90. The number of hydrogen-bond donors (Lipinski definition) is 1. The van der Waals surface area contributed by atoms with Crippen LogP contribution in [-0.4, -0.2) is 68.5 Å². The summed E-state index contributed by atoms with van der Waals surface area (Å²) < 4.78 is 25.6. The number of amides is 1. The minimum absolute atomic E-state index is 0.272. The average Bonchev–Trinajstić information content (AvgIpc) is 3.63. The standard InChI is InChI=1S/C26H25N5O5S2/c1-5-22(32)30-9-11-31(12-10-30)26-27-17(15-37-26)16-13-20(35-4)23-21(14-16)36-28-25(23)29-38-24-18(33-2)7-6-8-19(24)34-3/h1,6-8,13-15H,9-12H2,2-4H3,(H,28,29). The van der Waals surface area contributed by atoms with Gasteiger partial charge in [-0.05, 0) is 42.1 Å². The third-order valence-electron chi connectivity index (χ3n) is 6.14. The Morgan fingerprint density at radius 2 is 1.82 bits per heavy atom. The van der Waals surface area contributed by atoms with Crippen LogP contribution in [0.1, 0.15) is 0 Å². The van der Waals surface area contributed by atoms with Gasteiger partial charge in [0, 0.05) is 37.1 Å². The Morgan fingerprint density at radius 1 is 1.11 bits per heavy atom. The molecule has 0 aliphatic carbocycles. The Hall–Kier alpha value is -4.08. The molecule has 1 fully saturated rings. The summed E-state index contributed by atoms with van der Waals surface area (Å²) in [6.45, 7) is 2.50. The van der Waals surface area contributed by atoms with Crippen molar-refractivity contribution in [2.45, 2.75) is 4.90 Å². The summed E-state index contributed by atoms with van der Waals surface area (Å²) in [5, 5.41) is 7.82. The molecule has 1 saturated heterocycles. The van der Waals surface area contributed by atoms with E-state index in [1.807, 2.05) is 35.7 Å². The molecule has 196 valence electrons. The maximum Gasteiger partial charge on any atom is 0.298 e. The average molecular weight is 552 g/mol. The van der Waals surface area contributed by atoms with Gasteiger partial charge in [0.15, 0.2) is 16.5 Å². The second-order valence-electron chi connectivity index (χ2n) is 8.22. The zero-order valence-corrected chi connectivity index (χ0v) is 22.6. The van der Waals surface area contributed by atoms with Gasteiger partial charge >= 0.3 is 0 Å². The van der Waals surface area contributed by atoms with Gasteiger partial charge in [0.2, 0.25) is 0 Å². The largest absolute Gasteiger partial charge is 0.496 e. The quantitative estimate of drug-likeness (QED) is 0.251.